The Bertz CT molecular complexity index is 390. The second-order valence-corrected chi connectivity index (χ2v) is 4.89. The van der Waals surface area contributed by atoms with E-state index in [0.717, 1.165) is 44.4 Å². The lowest BCUT2D eigenvalue weighted by Crippen LogP contribution is -2.35. The standard InChI is InChI=1S/C12H20N4O/c1-2-13-10-8-17-7-9(10)12-15-14-11-5-3-4-6-16(11)12/h9-10,13H,2-8H2,1H3. The van der Waals surface area contributed by atoms with Crippen molar-refractivity contribution >= 4 is 0 Å². The van der Waals surface area contributed by atoms with Crippen molar-refractivity contribution in [2.24, 2.45) is 0 Å². The first-order valence-electron chi connectivity index (χ1n) is 6.63. The van der Waals surface area contributed by atoms with Gasteiger partial charge >= 0.3 is 0 Å². The van der Waals surface area contributed by atoms with E-state index in [9.17, 15) is 0 Å². The van der Waals surface area contributed by atoms with Crippen LogP contribution in [-0.2, 0) is 17.7 Å². The van der Waals surface area contributed by atoms with Crippen LogP contribution in [0.15, 0.2) is 0 Å². The first-order chi connectivity index (χ1) is 8.40. The van der Waals surface area contributed by atoms with Crippen molar-refractivity contribution in [3.63, 3.8) is 0 Å². The van der Waals surface area contributed by atoms with Gasteiger partial charge < -0.3 is 14.6 Å². The molecule has 5 heteroatoms. The Balaban J connectivity index is 1.85. The predicted octanol–water partition coefficient (Wildman–Crippen LogP) is 0.706. The van der Waals surface area contributed by atoms with Gasteiger partial charge in [0.15, 0.2) is 0 Å². The van der Waals surface area contributed by atoms with Crippen LogP contribution in [0.3, 0.4) is 0 Å². The van der Waals surface area contributed by atoms with E-state index in [-0.39, 0.29) is 0 Å². The molecule has 1 aromatic rings. The van der Waals surface area contributed by atoms with Crippen molar-refractivity contribution < 1.29 is 4.74 Å². The van der Waals surface area contributed by atoms with Crippen LogP contribution in [0.5, 0.6) is 0 Å². The molecule has 0 saturated carbocycles. The second kappa shape index (κ2) is 4.74. The average Bonchev–Trinajstić information content (AvgIpc) is 2.95. The van der Waals surface area contributed by atoms with Gasteiger partial charge in [0.2, 0.25) is 0 Å². The Labute approximate surface area is 102 Å². The minimum Gasteiger partial charge on any atom is -0.379 e. The summed E-state index contributed by atoms with van der Waals surface area (Å²) in [6.45, 7) is 5.75. The van der Waals surface area contributed by atoms with E-state index in [0.29, 0.717) is 12.0 Å². The normalized spacial score (nSPS) is 28.3. The molecule has 1 fully saturated rings. The van der Waals surface area contributed by atoms with E-state index >= 15 is 0 Å². The third-order valence-electron chi connectivity index (χ3n) is 3.77. The molecule has 0 aliphatic carbocycles. The summed E-state index contributed by atoms with van der Waals surface area (Å²) < 4.78 is 7.91. The van der Waals surface area contributed by atoms with Crippen LogP contribution in [0.2, 0.25) is 0 Å². The van der Waals surface area contributed by atoms with Crippen LogP contribution in [0.1, 0.15) is 37.3 Å². The molecule has 1 N–H and O–H groups in total. The Morgan fingerprint density at radius 1 is 1.35 bits per heavy atom. The van der Waals surface area contributed by atoms with Gasteiger partial charge in [0.1, 0.15) is 11.6 Å². The van der Waals surface area contributed by atoms with Gasteiger partial charge in [-0.2, -0.15) is 0 Å². The fourth-order valence-corrected chi connectivity index (χ4v) is 2.88. The second-order valence-electron chi connectivity index (χ2n) is 4.89. The van der Waals surface area contributed by atoms with Gasteiger partial charge in [-0.25, -0.2) is 0 Å². The molecule has 2 unspecified atom stereocenters. The number of fused-ring (bicyclic) bond motifs is 1. The summed E-state index contributed by atoms with van der Waals surface area (Å²) in [7, 11) is 0. The molecular weight excluding hydrogens is 216 g/mol. The van der Waals surface area contributed by atoms with Gasteiger partial charge in [0.05, 0.1) is 19.1 Å². The van der Waals surface area contributed by atoms with E-state index in [1.807, 2.05) is 0 Å². The van der Waals surface area contributed by atoms with Crippen molar-refractivity contribution in [1.29, 1.82) is 0 Å². The van der Waals surface area contributed by atoms with Crippen LogP contribution in [-0.4, -0.2) is 40.6 Å². The minimum atomic E-state index is 0.370. The fourth-order valence-electron chi connectivity index (χ4n) is 2.88. The molecule has 0 amide bonds. The summed E-state index contributed by atoms with van der Waals surface area (Å²) in [5.74, 6) is 2.66. The van der Waals surface area contributed by atoms with Gasteiger partial charge in [-0.1, -0.05) is 6.92 Å². The Hall–Kier alpha value is -0.940. The van der Waals surface area contributed by atoms with E-state index in [2.05, 4.69) is 27.0 Å². The van der Waals surface area contributed by atoms with E-state index in [1.165, 1.54) is 12.8 Å². The maximum absolute atomic E-state index is 5.59. The van der Waals surface area contributed by atoms with E-state index in [1.54, 1.807) is 0 Å². The molecule has 94 valence electrons. The number of ether oxygens (including phenoxy) is 1. The van der Waals surface area contributed by atoms with Crippen molar-refractivity contribution in [3.05, 3.63) is 11.6 Å². The quantitative estimate of drug-likeness (QED) is 0.839. The maximum atomic E-state index is 5.59. The number of hydrogen-bond acceptors (Lipinski definition) is 4. The number of nitrogens with zero attached hydrogens (tertiary/aromatic N) is 3. The molecule has 2 atom stereocenters. The largest absolute Gasteiger partial charge is 0.379 e. The smallest absolute Gasteiger partial charge is 0.140 e. The molecule has 0 spiro atoms. The number of rotatable bonds is 3. The van der Waals surface area contributed by atoms with Crippen molar-refractivity contribution in [1.82, 2.24) is 20.1 Å². The highest BCUT2D eigenvalue weighted by atomic mass is 16.5. The zero-order valence-corrected chi connectivity index (χ0v) is 10.4. The molecule has 2 aliphatic rings. The lowest BCUT2D eigenvalue weighted by molar-refractivity contribution is 0.187. The Kier molecular flexibility index (Phi) is 3.11. The molecular formula is C12H20N4O. The molecule has 0 radical (unpaired) electrons. The van der Waals surface area contributed by atoms with Gasteiger partial charge in [0, 0.05) is 19.0 Å². The third kappa shape index (κ3) is 1.98. The first-order valence-corrected chi connectivity index (χ1v) is 6.63. The van der Waals surface area contributed by atoms with Crippen LogP contribution < -0.4 is 5.32 Å². The number of nitrogens with one attached hydrogen (secondary N) is 1. The molecule has 5 nitrogen and oxygen atoms in total. The third-order valence-corrected chi connectivity index (χ3v) is 3.77. The summed E-state index contributed by atoms with van der Waals surface area (Å²) in [4.78, 5) is 0. The molecule has 2 aliphatic heterocycles. The predicted molar refractivity (Wildman–Crippen MR) is 64.0 cm³/mol. The van der Waals surface area contributed by atoms with Gasteiger partial charge in [-0.15, -0.1) is 10.2 Å². The Morgan fingerprint density at radius 2 is 2.29 bits per heavy atom. The summed E-state index contributed by atoms with van der Waals surface area (Å²) in [5.41, 5.74) is 0. The SMILES string of the molecule is CCNC1COCC1c1nnc2n1CCCC2. The Morgan fingerprint density at radius 3 is 3.18 bits per heavy atom. The van der Waals surface area contributed by atoms with Crippen molar-refractivity contribution in [2.75, 3.05) is 19.8 Å². The lowest BCUT2D eigenvalue weighted by atomic mass is 10.0. The van der Waals surface area contributed by atoms with Crippen LogP contribution in [0.4, 0.5) is 0 Å². The highest BCUT2D eigenvalue weighted by molar-refractivity contribution is 5.09. The number of aromatic nitrogens is 3. The lowest BCUT2D eigenvalue weighted by Gasteiger charge is -2.21. The number of likely N-dealkylation sites (N-methyl/N-ethyl adjacent to an activating group) is 1. The molecule has 1 saturated heterocycles. The van der Waals surface area contributed by atoms with Crippen molar-refractivity contribution in [3.8, 4) is 0 Å². The van der Waals surface area contributed by atoms with Crippen LogP contribution >= 0.6 is 0 Å². The zero-order chi connectivity index (χ0) is 11.7. The summed E-state index contributed by atoms with van der Waals surface area (Å²) in [6, 6.07) is 0.398. The first kappa shape index (κ1) is 11.2. The minimum absolute atomic E-state index is 0.370. The summed E-state index contributed by atoms with van der Waals surface area (Å²) in [6.07, 6.45) is 3.57. The molecule has 17 heavy (non-hydrogen) atoms. The zero-order valence-electron chi connectivity index (χ0n) is 10.4. The highest BCUT2D eigenvalue weighted by Crippen LogP contribution is 2.27. The van der Waals surface area contributed by atoms with Crippen molar-refractivity contribution in [2.45, 2.75) is 44.7 Å². The summed E-state index contributed by atoms with van der Waals surface area (Å²) in [5, 5.41) is 12.2. The fraction of sp³-hybridized carbons (Fsp3) is 0.833. The van der Waals surface area contributed by atoms with E-state index in [4.69, 9.17) is 4.74 Å². The molecule has 0 aromatic carbocycles. The monoisotopic (exact) mass is 236 g/mol. The molecule has 3 rings (SSSR count). The maximum Gasteiger partial charge on any atom is 0.140 e. The molecule has 3 heterocycles. The number of hydrogen-bond donors (Lipinski definition) is 1. The van der Waals surface area contributed by atoms with Gasteiger partial charge in [0.25, 0.3) is 0 Å². The van der Waals surface area contributed by atoms with Gasteiger partial charge in [-0.3, -0.25) is 0 Å². The highest BCUT2D eigenvalue weighted by Gasteiger charge is 2.33. The van der Waals surface area contributed by atoms with Crippen LogP contribution in [0, 0.1) is 0 Å². The average molecular weight is 236 g/mol. The van der Waals surface area contributed by atoms with Gasteiger partial charge in [-0.05, 0) is 19.4 Å². The molecule has 1 aromatic heterocycles. The van der Waals surface area contributed by atoms with E-state index < -0.39 is 0 Å². The topological polar surface area (TPSA) is 52.0 Å². The molecule has 0 bridgehead atoms. The number of aryl methyl sites for hydroxylation is 1. The van der Waals surface area contributed by atoms with Crippen LogP contribution in [0.25, 0.3) is 0 Å². The summed E-state index contributed by atoms with van der Waals surface area (Å²) >= 11 is 0.